The Bertz CT molecular complexity index is 1370. The van der Waals surface area contributed by atoms with Crippen LogP contribution in [0.3, 0.4) is 0 Å². The van der Waals surface area contributed by atoms with Crippen LogP contribution in [0.5, 0.6) is 5.75 Å². The number of hydrogen-bond acceptors (Lipinski definition) is 7. The summed E-state index contributed by atoms with van der Waals surface area (Å²) in [5.74, 6) is 1.78. The van der Waals surface area contributed by atoms with Crippen molar-refractivity contribution in [3.05, 3.63) is 85.1 Å². The van der Waals surface area contributed by atoms with Crippen molar-refractivity contribution in [2.75, 3.05) is 37.4 Å². The van der Waals surface area contributed by atoms with E-state index in [0.29, 0.717) is 18.5 Å². The van der Waals surface area contributed by atoms with Crippen molar-refractivity contribution in [3.63, 3.8) is 0 Å². The number of likely N-dealkylation sites (N-methyl/N-ethyl adjacent to an activating group) is 1. The highest BCUT2D eigenvalue weighted by Crippen LogP contribution is 2.28. The molecule has 1 aliphatic heterocycles. The second-order valence-corrected chi connectivity index (χ2v) is 11.0. The highest BCUT2D eigenvalue weighted by Gasteiger charge is 2.22. The molecule has 1 aromatic heterocycles. The minimum absolute atomic E-state index is 0.0875. The molecule has 8 heteroatoms. The zero-order valence-corrected chi connectivity index (χ0v) is 23.8. The van der Waals surface area contributed by atoms with Gasteiger partial charge in [0.1, 0.15) is 5.75 Å². The third-order valence-corrected chi connectivity index (χ3v) is 7.53. The lowest BCUT2D eigenvalue weighted by Gasteiger charge is -2.30. The van der Waals surface area contributed by atoms with Crippen LogP contribution >= 0.6 is 0 Å². The van der Waals surface area contributed by atoms with E-state index in [-0.39, 0.29) is 11.9 Å². The van der Waals surface area contributed by atoms with Crippen molar-refractivity contribution in [2.24, 2.45) is 5.92 Å². The lowest BCUT2D eigenvalue weighted by atomic mass is 9.85. The van der Waals surface area contributed by atoms with Crippen LogP contribution in [0.2, 0.25) is 0 Å². The fourth-order valence-electron chi connectivity index (χ4n) is 5.53. The van der Waals surface area contributed by atoms with Crippen LogP contribution in [0.15, 0.2) is 79.5 Å². The number of nitrogens with zero attached hydrogens (tertiary/aromatic N) is 3. The minimum Gasteiger partial charge on any atom is -0.493 e. The molecule has 2 heterocycles. The van der Waals surface area contributed by atoms with Crippen molar-refractivity contribution in [1.82, 2.24) is 20.2 Å². The van der Waals surface area contributed by atoms with Gasteiger partial charge in [-0.2, -0.15) is 0 Å². The van der Waals surface area contributed by atoms with Crippen molar-refractivity contribution in [2.45, 2.75) is 44.7 Å². The summed E-state index contributed by atoms with van der Waals surface area (Å²) >= 11 is 0. The first-order valence-electron chi connectivity index (χ1n) is 14.5. The molecule has 0 radical (unpaired) electrons. The van der Waals surface area contributed by atoms with Gasteiger partial charge in [0.15, 0.2) is 0 Å². The molecule has 1 saturated carbocycles. The molecule has 3 aromatic rings. The van der Waals surface area contributed by atoms with E-state index < -0.39 is 0 Å². The number of amides is 1. The summed E-state index contributed by atoms with van der Waals surface area (Å²) in [5.41, 5.74) is 5.00. The number of rotatable bonds is 5. The molecule has 3 N–H and O–H groups in total. The van der Waals surface area contributed by atoms with E-state index in [4.69, 9.17) is 9.72 Å². The van der Waals surface area contributed by atoms with Gasteiger partial charge in [-0.25, -0.2) is 9.97 Å². The zero-order chi connectivity index (χ0) is 28.4. The molecule has 2 atom stereocenters. The van der Waals surface area contributed by atoms with Gasteiger partial charge in [0.25, 0.3) is 0 Å². The summed E-state index contributed by atoms with van der Waals surface area (Å²) in [6, 6.07) is 16.7. The number of hydrogen-bond donors (Lipinski definition) is 3. The fraction of sp³-hybridized carbons (Fsp3) is 0.364. The second kappa shape index (κ2) is 13.9. The number of benzene rings is 2. The van der Waals surface area contributed by atoms with E-state index in [1.807, 2.05) is 30.3 Å². The Morgan fingerprint density at radius 2 is 2.12 bits per heavy atom. The second-order valence-electron chi connectivity index (χ2n) is 11.0. The van der Waals surface area contributed by atoms with Crippen LogP contribution in [-0.2, 0) is 11.3 Å². The van der Waals surface area contributed by atoms with E-state index in [2.05, 4.69) is 69.8 Å². The zero-order valence-electron chi connectivity index (χ0n) is 23.8. The average Bonchev–Trinajstić information content (AvgIpc) is 2.98. The maximum Gasteiger partial charge on any atom is 0.243 e. The first-order valence-corrected chi connectivity index (χ1v) is 14.5. The number of nitrogens with one attached hydrogen (secondary N) is 3. The molecule has 2 aromatic carbocycles. The largest absolute Gasteiger partial charge is 0.493 e. The van der Waals surface area contributed by atoms with E-state index in [1.165, 1.54) is 11.6 Å². The molecular weight excluding hydrogens is 512 g/mol. The molecule has 1 aliphatic carbocycles. The van der Waals surface area contributed by atoms with Crippen LogP contribution in [0.4, 0.5) is 17.3 Å². The predicted molar refractivity (Wildman–Crippen MR) is 165 cm³/mol. The van der Waals surface area contributed by atoms with Crippen molar-refractivity contribution in [1.29, 1.82) is 0 Å². The van der Waals surface area contributed by atoms with E-state index >= 15 is 0 Å². The summed E-state index contributed by atoms with van der Waals surface area (Å²) < 4.78 is 5.98. The molecule has 5 rings (SSSR count). The van der Waals surface area contributed by atoms with Gasteiger partial charge < -0.3 is 20.7 Å². The normalized spacial score (nSPS) is 20.3. The van der Waals surface area contributed by atoms with Gasteiger partial charge in [-0.3, -0.25) is 9.69 Å². The topological polar surface area (TPSA) is 91.4 Å². The van der Waals surface area contributed by atoms with Gasteiger partial charge in [-0.05, 0) is 86.7 Å². The third kappa shape index (κ3) is 8.41. The number of anilines is 3. The SMILES string of the molecule is C=CC(=O)NC1CCCC(CNc2cc3cc(c2)Nc2nccc(n2)-c2cccc(c2)OCC/C=C/CN(C)C3)C1. The van der Waals surface area contributed by atoms with Crippen molar-refractivity contribution < 1.29 is 9.53 Å². The van der Waals surface area contributed by atoms with E-state index in [1.54, 1.807) is 6.20 Å². The molecule has 0 saturated heterocycles. The molecular formula is C33H40N6O2. The summed E-state index contributed by atoms with van der Waals surface area (Å²) in [4.78, 5) is 23.4. The summed E-state index contributed by atoms with van der Waals surface area (Å²) in [5, 5.41) is 10.2. The Morgan fingerprint density at radius 1 is 1.20 bits per heavy atom. The van der Waals surface area contributed by atoms with Gasteiger partial charge in [-0.1, -0.05) is 37.3 Å². The van der Waals surface area contributed by atoms with Crippen LogP contribution in [-0.4, -0.2) is 53.6 Å². The molecule has 214 valence electrons. The molecule has 2 unspecified atom stereocenters. The molecule has 1 fully saturated rings. The van der Waals surface area contributed by atoms with Crippen LogP contribution < -0.4 is 20.7 Å². The maximum absolute atomic E-state index is 11.8. The maximum atomic E-state index is 11.8. The number of fused-ring (bicyclic) bond motifs is 7. The fourth-order valence-corrected chi connectivity index (χ4v) is 5.53. The number of carbonyl (C=O) groups excluding carboxylic acids is 1. The Morgan fingerprint density at radius 3 is 3.02 bits per heavy atom. The van der Waals surface area contributed by atoms with Gasteiger partial charge in [-0.15, -0.1) is 0 Å². The molecule has 6 bridgehead atoms. The first-order chi connectivity index (χ1) is 20.0. The van der Waals surface area contributed by atoms with Gasteiger partial charge in [0.05, 0.1) is 12.3 Å². The van der Waals surface area contributed by atoms with Gasteiger partial charge in [0, 0.05) is 48.8 Å². The van der Waals surface area contributed by atoms with Gasteiger partial charge >= 0.3 is 0 Å². The first kappa shape index (κ1) is 28.4. The number of aromatic nitrogens is 2. The minimum atomic E-state index is -0.0875. The quantitative estimate of drug-likeness (QED) is 0.267. The average molecular weight is 553 g/mol. The number of ether oxygens (including phenoxy) is 1. The van der Waals surface area contributed by atoms with E-state index in [9.17, 15) is 4.79 Å². The van der Waals surface area contributed by atoms with Crippen LogP contribution in [0.1, 0.15) is 37.7 Å². The standard InChI is InChI=1S/C33H40N6O2/c1-3-32(40)36-27-11-7-9-24(17-27)22-35-28-18-25-19-29(21-28)37-33-34-14-13-31(38-33)26-10-8-12-30(20-26)41-16-6-4-5-15-39(2)23-25/h3-5,8,10,12-14,18-21,24,27,35H,1,6-7,9,11,15-17,22-23H2,2H3,(H,36,40)(H,34,37,38)/b5-4+. The molecule has 0 spiro atoms. The van der Waals surface area contributed by atoms with Crippen molar-refractivity contribution >= 4 is 23.2 Å². The van der Waals surface area contributed by atoms with E-state index in [0.717, 1.165) is 80.1 Å². The summed E-state index contributed by atoms with van der Waals surface area (Å²) in [7, 11) is 2.13. The third-order valence-electron chi connectivity index (χ3n) is 7.53. The monoisotopic (exact) mass is 552 g/mol. The highest BCUT2D eigenvalue weighted by molar-refractivity contribution is 5.87. The molecule has 41 heavy (non-hydrogen) atoms. The molecule has 2 aliphatic rings. The predicted octanol–water partition coefficient (Wildman–Crippen LogP) is 5.93. The van der Waals surface area contributed by atoms with Crippen LogP contribution in [0.25, 0.3) is 11.3 Å². The smallest absolute Gasteiger partial charge is 0.243 e. The summed E-state index contributed by atoms with van der Waals surface area (Å²) in [6.07, 6.45) is 12.6. The van der Waals surface area contributed by atoms with Crippen molar-refractivity contribution in [3.8, 4) is 17.0 Å². The molecule has 8 nitrogen and oxygen atoms in total. The summed E-state index contributed by atoms with van der Waals surface area (Å²) in [6.45, 7) is 6.71. The Kier molecular flexibility index (Phi) is 9.65. The molecule has 1 amide bonds. The lowest BCUT2D eigenvalue weighted by molar-refractivity contribution is -0.117. The Labute approximate surface area is 242 Å². The Hall–Kier alpha value is -4.17. The highest BCUT2D eigenvalue weighted by atomic mass is 16.5. The lowest BCUT2D eigenvalue weighted by Crippen LogP contribution is -2.38. The van der Waals surface area contributed by atoms with Gasteiger partial charge in [0.2, 0.25) is 11.9 Å². The Balaban J connectivity index is 1.36. The number of carbonyl (C=O) groups is 1. The van der Waals surface area contributed by atoms with Crippen LogP contribution in [0, 0.1) is 5.92 Å².